The Kier molecular flexibility index (Phi) is 4.86. The molecule has 0 unspecified atom stereocenters. The number of piperazine rings is 1. The number of para-hydroxylation sites is 1. The number of hydrogen-bond acceptors (Lipinski definition) is 5. The lowest BCUT2D eigenvalue weighted by Crippen LogP contribution is -2.50. The van der Waals surface area contributed by atoms with Gasteiger partial charge in [-0.15, -0.1) is 10.2 Å². The Hall–Kier alpha value is -2.83. The van der Waals surface area contributed by atoms with Gasteiger partial charge in [0.15, 0.2) is 11.6 Å². The molecule has 0 bridgehead atoms. The van der Waals surface area contributed by atoms with Gasteiger partial charge in [-0.1, -0.05) is 18.2 Å². The van der Waals surface area contributed by atoms with Crippen molar-refractivity contribution < 1.29 is 4.79 Å². The van der Waals surface area contributed by atoms with E-state index in [2.05, 4.69) is 31.4 Å². The van der Waals surface area contributed by atoms with Crippen LogP contribution in [0, 0.1) is 0 Å². The summed E-state index contributed by atoms with van der Waals surface area (Å²) in [5.41, 5.74) is 0.822. The normalized spacial score (nSPS) is 17.5. The highest BCUT2D eigenvalue weighted by atomic mass is 16.2. The molecular weight excluding hydrogens is 328 g/mol. The van der Waals surface area contributed by atoms with Gasteiger partial charge in [-0.05, 0) is 37.1 Å². The Labute approximate surface area is 153 Å². The molecule has 2 fully saturated rings. The Balaban J connectivity index is 1.31. The second kappa shape index (κ2) is 7.59. The van der Waals surface area contributed by atoms with Gasteiger partial charge in [0, 0.05) is 45.0 Å². The van der Waals surface area contributed by atoms with E-state index in [-0.39, 0.29) is 6.03 Å². The third kappa shape index (κ3) is 3.71. The van der Waals surface area contributed by atoms with Crippen LogP contribution in [0.25, 0.3) is 0 Å². The van der Waals surface area contributed by atoms with Gasteiger partial charge in [0.25, 0.3) is 0 Å². The molecule has 1 aromatic carbocycles. The van der Waals surface area contributed by atoms with Crippen molar-refractivity contribution in [3.8, 4) is 0 Å². The van der Waals surface area contributed by atoms with Crippen LogP contribution < -0.4 is 15.1 Å². The van der Waals surface area contributed by atoms with Gasteiger partial charge in [-0.25, -0.2) is 4.79 Å². The van der Waals surface area contributed by atoms with Crippen LogP contribution in [0.3, 0.4) is 0 Å². The minimum Gasteiger partial charge on any atom is -0.355 e. The summed E-state index contributed by atoms with van der Waals surface area (Å²) in [5, 5.41) is 11.7. The van der Waals surface area contributed by atoms with Crippen molar-refractivity contribution in [2.24, 2.45) is 0 Å². The van der Waals surface area contributed by atoms with Crippen LogP contribution in [0.5, 0.6) is 0 Å². The largest absolute Gasteiger partial charge is 0.355 e. The fourth-order valence-corrected chi connectivity index (χ4v) is 3.46. The predicted octanol–water partition coefficient (Wildman–Crippen LogP) is 2.43. The number of aromatic nitrogens is 2. The van der Waals surface area contributed by atoms with E-state index in [1.54, 1.807) is 0 Å². The zero-order valence-corrected chi connectivity index (χ0v) is 14.8. The zero-order chi connectivity index (χ0) is 17.8. The molecule has 7 nitrogen and oxygen atoms in total. The third-order valence-electron chi connectivity index (χ3n) is 4.98. The molecule has 0 atom stereocenters. The fraction of sp³-hybridized carbons (Fsp3) is 0.421. The molecule has 7 heteroatoms. The van der Waals surface area contributed by atoms with E-state index in [0.717, 1.165) is 43.5 Å². The van der Waals surface area contributed by atoms with Gasteiger partial charge in [-0.3, -0.25) is 0 Å². The van der Waals surface area contributed by atoms with Gasteiger partial charge in [0.1, 0.15) is 0 Å². The van der Waals surface area contributed by atoms with Crippen molar-refractivity contribution in [3.63, 3.8) is 0 Å². The summed E-state index contributed by atoms with van der Waals surface area (Å²) < 4.78 is 0. The maximum Gasteiger partial charge on any atom is 0.321 e. The van der Waals surface area contributed by atoms with Gasteiger partial charge in [0.2, 0.25) is 0 Å². The molecule has 2 aliphatic rings. The molecule has 2 saturated heterocycles. The summed E-state index contributed by atoms with van der Waals surface area (Å²) in [7, 11) is 0. The van der Waals surface area contributed by atoms with Crippen LogP contribution in [0.4, 0.5) is 22.1 Å². The average Bonchev–Trinajstić information content (AvgIpc) is 3.24. The third-order valence-corrected chi connectivity index (χ3v) is 4.98. The Morgan fingerprint density at radius 1 is 0.769 bits per heavy atom. The molecular formula is C19H24N6O. The Morgan fingerprint density at radius 3 is 1.92 bits per heavy atom. The lowest BCUT2D eigenvalue weighted by Gasteiger charge is -2.35. The molecule has 1 aromatic heterocycles. The maximum atomic E-state index is 12.4. The molecule has 0 aliphatic carbocycles. The number of nitrogens with one attached hydrogen (secondary N) is 1. The number of rotatable bonds is 3. The SMILES string of the molecule is O=C(Nc1ccccc1)N1CCN(c2ccc(N3CCCC3)nn2)CC1. The van der Waals surface area contributed by atoms with Gasteiger partial charge in [-0.2, -0.15) is 0 Å². The minimum absolute atomic E-state index is 0.0497. The molecule has 0 spiro atoms. The molecule has 3 heterocycles. The number of hydrogen-bond donors (Lipinski definition) is 1. The monoisotopic (exact) mass is 352 g/mol. The van der Waals surface area contributed by atoms with Crippen molar-refractivity contribution in [2.75, 3.05) is 54.4 Å². The first kappa shape index (κ1) is 16.6. The number of carbonyl (C=O) groups excluding carboxylic acids is 1. The summed E-state index contributed by atoms with van der Waals surface area (Å²) in [6.45, 7) is 5.02. The van der Waals surface area contributed by atoms with Crippen molar-refractivity contribution in [3.05, 3.63) is 42.5 Å². The molecule has 26 heavy (non-hydrogen) atoms. The van der Waals surface area contributed by atoms with Crippen LogP contribution in [-0.2, 0) is 0 Å². The Morgan fingerprint density at radius 2 is 1.35 bits per heavy atom. The number of carbonyl (C=O) groups is 1. The number of benzene rings is 1. The highest BCUT2D eigenvalue weighted by molar-refractivity contribution is 5.89. The summed E-state index contributed by atoms with van der Waals surface area (Å²) in [6, 6.07) is 13.6. The van der Waals surface area contributed by atoms with Crippen LogP contribution >= 0.6 is 0 Å². The molecule has 2 amide bonds. The number of nitrogens with zero attached hydrogens (tertiary/aromatic N) is 5. The molecule has 136 valence electrons. The summed E-state index contributed by atoms with van der Waals surface area (Å²) in [4.78, 5) is 18.7. The topological polar surface area (TPSA) is 64.6 Å². The average molecular weight is 352 g/mol. The minimum atomic E-state index is -0.0497. The molecule has 2 aromatic rings. The summed E-state index contributed by atoms with van der Waals surface area (Å²) in [5.74, 6) is 1.85. The highest BCUT2D eigenvalue weighted by Crippen LogP contribution is 2.20. The lowest BCUT2D eigenvalue weighted by atomic mass is 10.3. The summed E-state index contributed by atoms with van der Waals surface area (Å²) in [6.07, 6.45) is 2.47. The first-order valence-electron chi connectivity index (χ1n) is 9.24. The quantitative estimate of drug-likeness (QED) is 0.919. The summed E-state index contributed by atoms with van der Waals surface area (Å²) >= 11 is 0. The molecule has 2 aliphatic heterocycles. The second-order valence-corrected chi connectivity index (χ2v) is 6.71. The zero-order valence-electron chi connectivity index (χ0n) is 14.8. The van der Waals surface area contributed by atoms with Crippen LogP contribution in [0.15, 0.2) is 42.5 Å². The smallest absolute Gasteiger partial charge is 0.321 e. The van der Waals surface area contributed by atoms with Crippen molar-refractivity contribution >= 4 is 23.4 Å². The highest BCUT2D eigenvalue weighted by Gasteiger charge is 2.22. The van der Waals surface area contributed by atoms with E-state index >= 15 is 0 Å². The second-order valence-electron chi connectivity index (χ2n) is 6.71. The van der Waals surface area contributed by atoms with Crippen molar-refractivity contribution in [1.82, 2.24) is 15.1 Å². The molecule has 4 rings (SSSR count). The van der Waals surface area contributed by atoms with Gasteiger partial charge >= 0.3 is 6.03 Å². The first-order valence-corrected chi connectivity index (χ1v) is 9.24. The van der Waals surface area contributed by atoms with Gasteiger partial charge < -0.3 is 20.0 Å². The van der Waals surface area contributed by atoms with Crippen LogP contribution in [-0.4, -0.2) is 60.4 Å². The van der Waals surface area contributed by atoms with Crippen molar-refractivity contribution in [2.45, 2.75) is 12.8 Å². The van der Waals surface area contributed by atoms with E-state index in [0.29, 0.717) is 13.1 Å². The Bertz CT molecular complexity index is 721. The number of urea groups is 1. The standard InChI is InChI=1S/C19H24N6O/c26-19(20-16-6-2-1-3-7-16)25-14-12-24(13-15-25)18-9-8-17(21-22-18)23-10-4-5-11-23/h1-3,6-9H,4-5,10-15H2,(H,20,26). The van der Waals surface area contributed by atoms with Crippen molar-refractivity contribution in [1.29, 1.82) is 0 Å². The van der Waals surface area contributed by atoms with E-state index in [1.165, 1.54) is 12.8 Å². The van der Waals surface area contributed by atoms with Crippen LogP contribution in [0.1, 0.15) is 12.8 Å². The predicted molar refractivity (Wildman–Crippen MR) is 103 cm³/mol. The van der Waals surface area contributed by atoms with E-state index < -0.39 is 0 Å². The van der Waals surface area contributed by atoms with Gasteiger partial charge in [0.05, 0.1) is 0 Å². The number of anilines is 3. The van der Waals surface area contributed by atoms with E-state index in [9.17, 15) is 4.79 Å². The van der Waals surface area contributed by atoms with E-state index in [4.69, 9.17) is 0 Å². The van der Waals surface area contributed by atoms with Crippen LogP contribution in [0.2, 0.25) is 0 Å². The lowest BCUT2D eigenvalue weighted by molar-refractivity contribution is 0.208. The fourth-order valence-electron chi connectivity index (χ4n) is 3.46. The maximum absolute atomic E-state index is 12.4. The first-order chi connectivity index (χ1) is 12.8. The molecule has 1 N–H and O–H groups in total. The van der Waals surface area contributed by atoms with E-state index in [1.807, 2.05) is 41.3 Å². The molecule has 0 radical (unpaired) electrons. The molecule has 0 saturated carbocycles. The number of amides is 2.